The Bertz CT molecular complexity index is 605. The lowest BCUT2D eigenvalue weighted by atomic mass is 10.2. The predicted octanol–water partition coefficient (Wildman–Crippen LogP) is 2.22. The standard InChI is InChI=1S/C16H22BrN3O4/c1-4-7-24-14-9-12(17)11(8-13(14)23-6-3)10-19-20-16(22)15(21)18-5-2/h8-10H,4-7H2,1-3H3,(H,18,21)(H,20,22)/b19-10-. The quantitative estimate of drug-likeness (QED) is 0.398. The molecule has 0 bridgehead atoms. The summed E-state index contributed by atoms with van der Waals surface area (Å²) in [7, 11) is 0. The van der Waals surface area contributed by atoms with Crippen LogP contribution in [-0.4, -0.2) is 37.8 Å². The van der Waals surface area contributed by atoms with E-state index < -0.39 is 11.8 Å². The Morgan fingerprint density at radius 1 is 1.17 bits per heavy atom. The van der Waals surface area contributed by atoms with Crippen molar-refractivity contribution in [3.8, 4) is 11.5 Å². The van der Waals surface area contributed by atoms with E-state index in [9.17, 15) is 9.59 Å². The smallest absolute Gasteiger partial charge is 0.329 e. The first-order valence-corrected chi connectivity index (χ1v) is 8.53. The number of benzene rings is 1. The number of hydrogen-bond acceptors (Lipinski definition) is 5. The molecule has 0 fully saturated rings. The van der Waals surface area contributed by atoms with Gasteiger partial charge in [0, 0.05) is 16.6 Å². The first-order valence-electron chi connectivity index (χ1n) is 7.73. The predicted molar refractivity (Wildman–Crippen MR) is 95.5 cm³/mol. The van der Waals surface area contributed by atoms with Gasteiger partial charge in [-0.3, -0.25) is 9.59 Å². The van der Waals surface area contributed by atoms with Gasteiger partial charge >= 0.3 is 11.8 Å². The molecule has 0 radical (unpaired) electrons. The number of amides is 2. The van der Waals surface area contributed by atoms with E-state index in [1.807, 2.05) is 13.8 Å². The van der Waals surface area contributed by atoms with Crippen molar-refractivity contribution < 1.29 is 19.1 Å². The zero-order valence-corrected chi connectivity index (χ0v) is 15.6. The van der Waals surface area contributed by atoms with Gasteiger partial charge in [0.05, 0.1) is 19.4 Å². The summed E-state index contributed by atoms with van der Waals surface area (Å²) in [6, 6.07) is 3.54. The maximum absolute atomic E-state index is 11.5. The lowest BCUT2D eigenvalue weighted by Crippen LogP contribution is -2.37. The number of hydrogen-bond donors (Lipinski definition) is 2. The topological polar surface area (TPSA) is 89.0 Å². The van der Waals surface area contributed by atoms with Gasteiger partial charge in [0.15, 0.2) is 11.5 Å². The van der Waals surface area contributed by atoms with Crippen LogP contribution in [0.3, 0.4) is 0 Å². The normalized spacial score (nSPS) is 10.5. The van der Waals surface area contributed by atoms with Gasteiger partial charge in [-0.2, -0.15) is 5.10 Å². The van der Waals surface area contributed by atoms with Crippen LogP contribution in [0, 0.1) is 0 Å². The summed E-state index contributed by atoms with van der Waals surface area (Å²) in [5.41, 5.74) is 2.85. The molecular weight excluding hydrogens is 378 g/mol. The molecule has 0 atom stereocenters. The van der Waals surface area contributed by atoms with E-state index in [1.54, 1.807) is 19.1 Å². The second kappa shape index (κ2) is 10.6. The van der Waals surface area contributed by atoms with Crippen LogP contribution in [0.15, 0.2) is 21.7 Å². The number of nitrogens with one attached hydrogen (secondary N) is 2. The van der Waals surface area contributed by atoms with Gasteiger partial charge in [0.1, 0.15) is 0 Å². The van der Waals surface area contributed by atoms with E-state index in [4.69, 9.17) is 9.47 Å². The van der Waals surface area contributed by atoms with Gasteiger partial charge in [0.25, 0.3) is 0 Å². The van der Waals surface area contributed by atoms with Crippen LogP contribution < -0.4 is 20.2 Å². The summed E-state index contributed by atoms with van der Waals surface area (Å²) >= 11 is 3.43. The molecule has 0 unspecified atom stereocenters. The van der Waals surface area contributed by atoms with Crippen molar-refractivity contribution in [2.45, 2.75) is 27.2 Å². The third-order valence-electron chi connectivity index (χ3n) is 2.74. The van der Waals surface area contributed by atoms with Crippen LogP contribution in [-0.2, 0) is 9.59 Å². The van der Waals surface area contributed by atoms with Gasteiger partial charge < -0.3 is 14.8 Å². The van der Waals surface area contributed by atoms with Crippen LogP contribution in [0.5, 0.6) is 11.5 Å². The van der Waals surface area contributed by atoms with Crippen molar-refractivity contribution in [3.05, 3.63) is 22.2 Å². The second-order valence-corrected chi connectivity index (χ2v) is 5.51. The number of nitrogens with zero attached hydrogens (tertiary/aromatic N) is 1. The number of hydrazone groups is 1. The monoisotopic (exact) mass is 399 g/mol. The highest BCUT2D eigenvalue weighted by molar-refractivity contribution is 9.10. The number of ether oxygens (including phenoxy) is 2. The molecule has 7 nitrogen and oxygen atoms in total. The lowest BCUT2D eigenvalue weighted by molar-refractivity contribution is -0.139. The van der Waals surface area contributed by atoms with Gasteiger partial charge in [-0.1, -0.05) is 6.92 Å². The van der Waals surface area contributed by atoms with Crippen LogP contribution in [0.1, 0.15) is 32.8 Å². The summed E-state index contributed by atoms with van der Waals surface area (Å²) in [4.78, 5) is 22.8. The highest BCUT2D eigenvalue weighted by Gasteiger charge is 2.12. The summed E-state index contributed by atoms with van der Waals surface area (Å²) < 4.78 is 12.0. The van der Waals surface area contributed by atoms with E-state index >= 15 is 0 Å². The molecule has 0 aromatic heterocycles. The summed E-state index contributed by atoms with van der Waals surface area (Å²) in [5.74, 6) is -0.330. The molecule has 2 N–H and O–H groups in total. The summed E-state index contributed by atoms with van der Waals surface area (Å²) in [6.45, 7) is 7.08. The van der Waals surface area contributed by atoms with Gasteiger partial charge in [-0.25, -0.2) is 5.43 Å². The van der Waals surface area contributed by atoms with Gasteiger partial charge in [0.2, 0.25) is 0 Å². The summed E-state index contributed by atoms with van der Waals surface area (Å²) in [5, 5.41) is 6.17. The van der Waals surface area contributed by atoms with Crippen molar-refractivity contribution in [1.82, 2.24) is 10.7 Å². The number of halogens is 1. The lowest BCUT2D eigenvalue weighted by Gasteiger charge is -2.13. The molecule has 0 aliphatic heterocycles. The zero-order valence-electron chi connectivity index (χ0n) is 14.0. The second-order valence-electron chi connectivity index (χ2n) is 4.66. The molecule has 8 heteroatoms. The molecule has 24 heavy (non-hydrogen) atoms. The fraction of sp³-hybridized carbons (Fsp3) is 0.438. The first kappa shape index (κ1) is 20.0. The average Bonchev–Trinajstić information content (AvgIpc) is 2.56. The van der Waals surface area contributed by atoms with Crippen molar-refractivity contribution >= 4 is 34.0 Å². The van der Waals surface area contributed by atoms with Crippen molar-refractivity contribution in [1.29, 1.82) is 0 Å². The van der Waals surface area contributed by atoms with E-state index in [0.717, 1.165) is 10.9 Å². The molecule has 0 spiro atoms. The third-order valence-corrected chi connectivity index (χ3v) is 3.42. The number of likely N-dealkylation sites (N-methyl/N-ethyl adjacent to an activating group) is 1. The molecule has 0 saturated heterocycles. The Morgan fingerprint density at radius 3 is 2.50 bits per heavy atom. The fourth-order valence-electron chi connectivity index (χ4n) is 1.69. The number of carbonyl (C=O) groups is 2. The van der Waals surface area contributed by atoms with Crippen LogP contribution in [0.25, 0.3) is 0 Å². The van der Waals surface area contributed by atoms with Crippen molar-refractivity contribution in [2.75, 3.05) is 19.8 Å². The minimum atomic E-state index is -0.822. The van der Waals surface area contributed by atoms with Crippen LogP contribution in [0.2, 0.25) is 0 Å². The molecule has 1 rings (SSSR count). The molecule has 2 amide bonds. The first-order chi connectivity index (χ1) is 11.5. The number of rotatable bonds is 8. The molecule has 0 aliphatic carbocycles. The zero-order chi connectivity index (χ0) is 17.9. The largest absolute Gasteiger partial charge is 0.490 e. The fourth-order valence-corrected chi connectivity index (χ4v) is 2.12. The molecule has 0 heterocycles. The maximum atomic E-state index is 11.5. The van der Waals surface area contributed by atoms with Crippen molar-refractivity contribution in [3.63, 3.8) is 0 Å². The highest BCUT2D eigenvalue weighted by atomic mass is 79.9. The summed E-state index contributed by atoms with van der Waals surface area (Å²) in [6.07, 6.45) is 2.31. The minimum absolute atomic E-state index is 0.373. The molecule has 132 valence electrons. The Labute approximate surface area is 149 Å². The Morgan fingerprint density at radius 2 is 1.88 bits per heavy atom. The van der Waals surface area contributed by atoms with Crippen LogP contribution in [0.4, 0.5) is 0 Å². The van der Waals surface area contributed by atoms with E-state index in [2.05, 4.69) is 31.8 Å². The molecule has 0 saturated carbocycles. The third kappa shape index (κ3) is 6.19. The molecular formula is C16H22BrN3O4. The van der Waals surface area contributed by atoms with E-state index in [-0.39, 0.29) is 0 Å². The maximum Gasteiger partial charge on any atom is 0.329 e. The van der Waals surface area contributed by atoms with Crippen LogP contribution >= 0.6 is 15.9 Å². The average molecular weight is 400 g/mol. The Balaban J connectivity index is 2.87. The van der Waals surface area contributed by atoms with Gasteiger partial charge in [-0.05, 0) is 48.3 Å². The van der Waals surface area contributed by atoms with Crippen molar-refractivity contribution in [2.24, 2.45) is 5.10 Å². The SMILES string of the molecule is CCCOc1cc(Br)c(/C=N\NC(=O)C(=O)NCC)cc1OCC. The Kier molecular flexibility index (Phi) is 8.85. The Hall–Kier alpha value is -2.09. The van der Waals surface area contributed by atoms with E-state index in [1.165, 1.54) is 6.21 Å². The number of carbonyl (C=O) groups excluding carboxylic acids is 2. The molecule has 1 aromatic carbocycles. The molecule has 0 aliphatic rings. The van der Waals surface area contributed by atoms with E-state index in [0.29, 0.717) is 36.8 Å². The molecule has 1 aromatic rings. The minimum Gasteiger partial charge on any atom is -0.490 e. The van der Waals surface area contributed by atoms with Gasteiger partial charge in [-0.15, -0.1) is 0 Å². The highest BCUT2D eigenvalue weighted by Crippen LogP contribution is 2.33.